The summed E-state index contributed by atoms with van der Waals surface area (Å²) in [7, 11) is 0. The molecule has 104 valence electrons. The fourth-order valence-electron chi connectivity index (χ4n) is 1.91. The molecule has 0 atom stereocenters. The van der Waals surface area contributed by atoms with Crippen molar-refractivity contribution in [1.29, 1.82) is 0 Å². The van der Waals surface area contributed by atoms with Crippen LogP contribution in [0.5, 0.6) is 0 Å². The summed E-state index contributed by atoms with van der Waals surface area (Å²) in [6.07, 6.45) is 4.13. The first-order valence-electron chi connectivity index (χ1n) is 6.53. The number of hydrogen-bond acceptors (Lipinski definition) is 5. The van der Waals surface area contributed by atoms with Gasteiger partial charge in [0.05, 0.1) is 0 Å². The van der Waals surface area contributed by atoms with E-state index in [9.17, 15) is 9.59 Å². The van der Waals surface area contributed by atoms with Crippen LogP contribution in [0.2, 0.25) is 0 Å². The van der Waals surface area contributed by atoms with E-state index in [1.807, 2.05) is 13.0 Å². The van der Waals surface area contributed by atoms with Crippen LogP contribution in [-0.2, 0) is 0 Å². The Morgan fingerprint density at radius 3 is 2.90 bits per heavy atom. The van der Waals surface area contributed by atoms with Crippen LogP contribution in [0.25, 0.3) is 0 Å². The van der Waals surface area contributed by atoms with Crippen LogP contribution in [0.4, 0.5) is 0 Å². The Balaban J connectivity index is 1.81. The maximum Gasteiger partial charge on any atom is 0.344 e. The van der Waals surface area contributed by atoms with Gasteiger partial charge in [-0.3, -0.25) is 14.3 Å². The van der Waals surface area contributed by atoms with Crippen molar-refractivity contribution >= 4 is 17.5 Å². The molecule has 2 aromatic rings. The first kappa shape index (κ1) is 13.1. The molecule has 0 unspecified atom stereocenters. The molecular weight excluding hydrogens is 276 g/mol. The number of aromatic nitrogens is 4. The third kappa shape index (κ3) is 2.53. The van der Waals surface area contributed by atoms with Crippen molar-refractivity contribution in [3.8, 4) is 0 Å². The number of H-pyrrole nitrogens is 1. The Kier molecular flexibility index (Phi) is 3.43. The van der Waals surface area contributed by atoms with Gasteiger partial charge in [0.1, 0.15) is 5.69 Å². The second-order valence-electron chi connectivity index (χ2n) is 4.67. The molecule has 0 amide bonds. The molecule has 0 saturated heterocycles. The van der Waals surface area contributed by atoms with Crippen LogP contribution < -0.4 is 5.69 Å². The predicted octanol–water partition coefficient (Wildman–Crippen LogP) is 2.05. The first-order chi connectivity index (χ1) is 9.69. The van der Waals surface area contributed by atoms with Gasteiger partial charge in [0.2, 0.25) is 0 Å². The van der Waals surface area contributed by atoms with E-state index in [0.29, 0.717) is 17.3 Å². The highest BCUT2D eigenvalue weighted by atomic mass is 32.2. The second-order valence-corrected chi connectivity index (χ2v) is 5.71. The minimum atomic E-state index is -0.166. The van der Waals surface area contributed by atoms with Crippen molar-refractivity contribution in [2.45, 2.75) is 42.3 Å². The molecule has 2 heterocycles. The molecule has 1 saturated carbocycles. The number of aromatic amines is 1. The molecule has 1 fully saturated rings. The molecule has 0 radical (unpaired) electrons. The Hall–Kier alpha value is -1.89. The highest BCUT2D eigenvalue weighted by molar-refractivity contribution is 7.99. The molecule has 1 aliphatic rings. The quantitative estimate of drug-likeness (QED) is 0.852. The van der Waals surface area contributed by atoms with Crippen molar-refractivity contribution in [1.82, 2.24) is 19.7 Å². The number of Topliss-reactive ketones (excluding diaryl/α,β-unsaturated/α-hetero) is 1. The lowest BCUT2D eigenvalue weighted by atomic mass is 10.2. The number of rotatable bonds is 5. The Morgan fingerprint density at radius 2 is 2.30 bits per heavy atom. The number of ketones is 1. The number of nitrogens with one attached hydrogen (secondary N) is 1. The highest BCUT2D eigenvalue weighted by Crippen LogP contribution is 2.37. The van der Waals surface area contributed by atoms with E-state index < -0.39 is 0 Å². The van der Waals surface area contributed by atoms with Crippen molar-refractivity contribution in [2.75, 3.05) is 0 Å². The number of carbonyl (C=O) groups excluding carboxylic acids is 1. The zero-order valence-corrected chi connectivity index (χ0v) is 11.8. The van der Waals surface area contributed by atoms with Gasteiger partial charge in [0.25, 0.3) is 0 Å². The average Bonchev–Trinajstić information content (AvgIpc) is 3.24. The maximum atomic E-state index is 11.7. The highest BCUT2D eigenvalue weighted by Gasteiger charge is 2.28. The molecule has 6 nitrogen and oxygen atoms in total. The summed E-state index contributed by atoms with van der Waals surface area (Å²) in [4.78, 5) is 28.2. The van der Waals surface area contributed by atoms with E-state index in [1.54, 1.807) is 16.8 Å². The third-order valence-electron chi connectivity index (χ3n) is 3.14. The van der Waals surface area contributed by atoms with E-state index in [1.165, 1.54) is 11.8 Å². The summed E-state index contributed by atoms with van der Waals surface area (Å²) < 4.78 is 1.69. The van der Waals surface area contributed by atoms with Gasteiger partial charge < -0.3 is 0 Å². The van der Waals surface area contributed by atoms with Crippen molar-refractivity contribution < 1.29 is 4.79 Å². The van der Waals surface area contributed by atoms with Gasteiger partial charge in [-0.2, -0.15) is 0 Å². The molecule has 0 bridgehead atoms. The molecule has 20 heavy (non-hydrogen) atoms. The van der Waals surface area contributed by atoms with Crippen LogP contribution in [-0.4, -0.2) is 25.5 Å². The number of nitrogens with zero attached hydrogens (tertiary/aromatic N) is 3. The molecule has 1 aliphatic carbocycles. The maximum absolute atomic E-state index is 11.7. The topological polar surface area (TPSA) is 80.6 Å². The molecule has 2 aromatic heterocycles. The first-order valence-corrected chi connectivity index (χ1v) is 7.34. The van der Waals surface area contributed by atoms with Gasteiger partial charge in [0.15, 0.2) is 10.9 Å². The summed E-state index contributed by atoms with van der Waals surface area (Å²) in [5.41, 5.74) is 0.305. The predicted molar refractivity (Wildman–Crippen MR) is 74.1 cm³/mol. The molecule has 0 aromatic carbocycles. The Labute approximate surface area is 119 Å². The smallest absolute Gasteiger partial charge is 0.292 e. The molecule has 0 spiro atoms. The van der Waals surface area contributed by atoms with Gasteiger partial charge in [-0.05, 0) is 36.7 Å². The van der Waals surface area contributed by atoms with E-state index in [0.717, 1.165) is 17.7 Å². The number of carbonyl (C=O) groups is 1. The van der Waals surface area contributed by atoms with Gasteiger partial charge in [0, 0.05) is 23.6 Å². The summed E-state index contributed by atoms with van der Waals surface area (Å²) in [5.74, 6) is 0.0243. The van der Waals surface area contributed by atoms with Gasteiger partial charge in [-0.15, -0.1) is 5.10 Å². The van der Waals surface area contributed by atoms with E-state index >= 15 is 0 Å². The number of pyridine rings is 1. The normalized spacial score (nSPS) is 14.4. The third-order valence-corrected chi connectivity index (χ3v) is 4.08. The fourth-order valence-corrected chi connectivity index (χ4v) is 2.78. The lowest BCUT2D eigenvalue weighted by Crippen LogP contribution is -2.16. The zero-order valence-electron chi connectivity index (χ0n) is 11.0. The second kappa shape index (κ2) is 5.24. The summed E-state index contributed by atoms with van der Waals surface area (Å²) >= 11 is 1.38. The van der Waals surface area contributed by atoms with Crippen molar-refractivity contribution in [3.63, 3.8) is 0 Å². The van der Waals surface area contributed by atoms with Crippen LogP contribution in [0, 0.1) is 0 Å². The van der Waals surface area contributed by atoms with E-state index in [-0.39, 0.29) is 17.5 Å². The SMILES string of the molecule is CCC(=O)c1ccc(Sc2n[nH]c(=O)n2C2CC2)cn1. The Morgan fingerprint density at radius 1 is 1.50 bits per heavy atom. The van der Waals surface area contributed by atoms with Gasteiger partial charge >= 0.3 is 5.69 Å². The standard InChI is InChI=1S/C13H14N4O2S/c1-2-11(18)10-6-5-9(7-14-10)20-13-16-15-12(19)17(13)8-3-4-8/h5-8H,2-4H2,1H3,(H,15,19). The zero-order chi connectivity index (χ0) is 14.1. The molecule has 3 rings (SSSR count). The van der Waals surface area contributed by atoms with Crippen molar-refractivity contribution in [2.24, 2.45) is 0 Å². The molecule has 0 aliphatic heterocycles. The van der Waals surface area contributed by atoms with E-state index in [2.05, 4.69) is 15.2 Å². The summed E-state index contributed by atoms with van der Waals surface area (Å²) in [5, 5.41) is 7.17. The lowest BCUT2D eigenvalue weighted by Gasteiger charge is -2.03. The molecule has 7 heteroatoms. The fraction of sp³-hybridized carbons (Fsp3) is 0.385. The van der Waals surface area contributed by atoms with Crippen molar-refractivity contribution in [3.05, 3.63) is 34.5 Å². The van der Waals surface area contributed by atoms with Crippen LogP contribution in [0.1, 0.15) is 42.7 Å². The minimum absolute atomic E-state index is 0.0243. The Bertz CT molecular complexity index is 685. The summed E-state index contributed by atoms with van der Waals surface area (Å²) in [6.45, 7) is 1.81. The lowest BCUT2D eigenvalue weighted by molar-refractivity contribution is 0.0983. The van der Waals surface area contributed by atoms with Crippen LogP contribution in [0.15, 0.2) is 33.2 Å². The van der Waals surface area contributed by atoms with Gasteiger partial charge in [-0.1, -0.05) is 6.92 Å². The van der Waals surface area contributed by atoms with Gasteiger partial charge in [-0.25, -0.2) is 9.89 Å². The minimum Gasteiger partial charge on any atom is -0.292 e. The number of hydrogen-bond donors (Lipinski definition) is 1. The average molecular weight is 290 g/mol. The molecule has 1 N–H and O–H groups in total. The molecular formula is C13H14N4O2S. The van der Waals surface area contributed by atoms with Crippen LogP contribution in [0.3, 0.4) is 0 Å². The monoisotopic (exact) mass is 290 g/mol. The largest absolute Gasteiger partial charge is 0.344 e. The summed E-state index contributed by atoms with van der Waals surface area (Å²) in [6, 6.07) is 3.81. The van der Waals surface area contributed by atoms with Crippen LogP contribution >= 0.6 is 11.8 Å². The van der Waals surface area contributed by atoms with E-state index in [4.69, 9.17) is 0 Å².